The lowest BCUT2D eigenvalue weighted by molar-refractivity contribution is -0.131. The minimum absolute atomic E-state index is 0.0947. The Kier molecular flexibility index (Phi) is 7.45. The molecule has 0 bridgehead atoms. The molecular weight excluding hydrogens is 412 g/mol. The number of rotatable bonds is 8. The molecular formula is C24H22N2O4S. The normalized spacial score (nSPS) is 11.9. The van der Waals surface area contributed by atoms with E-state index in [0.717, 1.165) is 33.5 Å². The van der Waals surface area contributed by atoms with Crippen molar-refractivity contribution in [3.8, 4) is 0 Å². The van der Waals surface area contributed by atoms with E-state index in [1.165, 1.54) is 11.8 Å². The fourth-order valence-electron chi connectivity index (χ4n) is 3.01. The lowest BCUT2D eigenvalue weighted by Gasteiger charge is -2.16. The van der Waals surface area contributed by atoms with Gasteiger partial charge in [-0.1, -0.05) is 49.4 Å². The lowest BCUT2D eigenvalue weighted by Crippen LogP contribution is -2.24. The number of benzene rings is 3. The molecule has 0 saturated carbocycles. The number of anilines is 2. The Morgan fingerprint density at radius 2 is 1.71 bits per heavy atom. The number of aliphatic carboxylic acids is 1. The van der Waals surface area contributed by atoms with Gasteiger partial charge in [0.05, 0.1) is 5.25 Å². The van der Waals surface area contributed by atoms with Gasteiger partial charge >= 0.3 is 5.97 Å². The second kappa shape index (κ2) is 10.4. The highest BCUT2D eigenvalue weighted by Crippen LogP contribution is 2.30. The van der Waals surface area contributed by atoms with Gasteiger partial charge in [0.1, 0.15) is 0 Å². The van der Waals surface area contributed by atoms with Crippen molar-refractivity contribution in [2.45, 2.75) is 23.5 Å². The summed E-state index contributed by atoms with van der Waals surface area (Å²) in [6.45, 7) is 1.95. The molecule has 7 heteroatoms. The smallest absolute Gasteiger partial charge is 0.328 e. The first kappa shape index (κ1) is 22.1. The molecule has 3 N–H and O–H groups in total. The van der Waals surface area contributed by atoms with E-state index in [0.29, 0.717) is 12.1 Å². The first-order valence-electron chi connectivity index (χ1n) is 9.73. The standard InChI is InChI=1S/C24H22N2O4S/c1-2-21(24(30)26-20-12-5-8-16-7-3-4-11-19(16)20)31-18-10-6-9-17(15-18)25-22(27)13-14-23(28)29/h3-15,21H,2H2,1H3,(H,25,27)(H,26,30)(H,28,29)/b14-13+. The quantitative estimate of drug-likeness (QED) is 0.345. The molecule has 0 aliphatic rings. The van der Waals surface area contributed by atoms with Gasteiger partial charge in [-0.05, 0) is 36.1 Å². The van der Waals surface area contributed by atoms with Crippen LogP contribution < -0.4 is 10.6 Å². The van der Waals surface area contributed by atoms with Gasteiger partial charge < -0.3 is 15.7 Å². The van der Waals surface area contributed by atoms with E-state index in [2.05, 4.69) is 10.6 Å². The van der Waals surface area contributed by atoms with Crippen LogP contribution in [0.25, 0.3) is 10.8 Å². The van der Waals surface area contributed by atoms with Crippen LogP contribution in [-0.4, -0.2) is 28.1 Å². The van der Waals surface area contributed by atoms with Gasteiger partial charge in [-0.25, -0.2) is 4.79 Å². The maximum absolute atomic E-state index is 12.9. The highest BCUT2D eigenvalue weighted by Gasteiger charge is 2.19. The summed E-state index contributed by atoms with van der Waals surface area (Å²) in [6.07, 6.45) is 2.35. The number of hydrogen-bond donors (Lipinski definition) is 3. The Morgan fingerprint density at radius 3 is 2.48 bits per heavy atom. The molecule has 3 rings (SSSR count). The SMILES string of the molecule is CCC(Sc1cccc(NC(=O)/C=C/C(=O)O)c1)C(=O)Nc1cccc2ccccc12. The molecule has 1 unspecified atom stereocenters. The van der Waals surface area contributed by atoms with E-state index in [1.807, 2.05) is 55.5 Å². The van der Waals surface area contributed by atoms with Crippen LogP contribution in [-0.2, 0) is 14.4 Å². The van der Waals surface area contributed by atoms with Crippen molar-refractivity contribution in [3.05, 3.63) is 78.9 Å². The van der Waals surface area contributed by atoms with Crippen LogP contribution >= 0.6 is 11.8 Å². The van der Waals surface area contributed by atoms with Gasteiger partial charge in [0.2, 0.25) is 11.8 Å². The molecule has 0 saturated heterocycles. The number of nitrogens with one attached hydrogen (secondary N) is 2. The van der Waals surface area contributed by atoms with Crippen molar-refractivity contribution in [2.75, 3.05) is 10.6 Å². The second-order valence-corrected chi connectivity index (χ2v) is 8.00. The summed E-state index contributed by atoms with van der Waals surface area (Å²) in [6, 6.07) is 20.8. The maximum atomic E-state index is 12.9. The Morgan fingerprint density at radius 1 is 0.968 bits per heavy atom. The van der Waals surface area contributed by atoms with Crippen molar-refractivity contribution < 1.29 is 19.5 Å². The number of fused-ring (bicyclic) bond motifs is 1. The summed E-state index contributed by atoms with van der Waals surface area (Å²) in [5, 5.41) is 16.0. The van der Waals surface area contributed by atoms with Crippen LogP contribution in [0.15, 0.2) is 83.8 Å². The van der Waals surface area contributed by atoms with Crippen molar-refractivity contribution in [1.82, 2.24) is 0 Å². The average molecular weight is 435 g/mol. The molecule has 31 heavy (non-hydrogen) atoms. The second-order valence-electron chi connectivity index (χ2n) is 6.72. The minimum Gasteiger partial charge on any atom is -0.478 e. The van der Waals surface area contributed by atoms with E-state index in [9.17, 15) is 14.4 Å². The van der Waals surface area contributed by atoms with Gasteiger partial charge in [0.25, 0.3) is 0 Å². The Bertz CT molecular complexity index is 1140. The minimum atomic E-state index is -1.19. The molecule has 0 radical (unpaired) electrons. The number of carbonyl (C=O) groups excluding carboxylic acids is 2. The van der Waals surface area contributed by atoms with Crippen LogP contribution in [0, 0.1) is 0 Å². The summed E-state index contributed by atoms with van der Waals surface area (Å²) in [4.78, 5) is 36.1. The van der Waals surface area contributed by atoms with Crippen LogP contribution in [0.2, 0.25) is 0 Å². The summed E-state index contributed by atoms with van der Waals surface area (Å²) < 4.78 is 0. The summed E-state index contributed by atoms with van der Waals surface area (Å²) in [5.74, 6) is -1.82. The van der Waals surface area contributed by atoms with E-state index in [4.69, 9.17) is 5.11 Å². The molecule has 0 aromatic heterocycles. The van der Waals surface area contributed by atoms with Crippen molar-refractivity contribution >= 4 is 51.7 Å². The molecule has 1 atom stereocenters. The molecule has 2 amide bonds. The maximum Gasteiger partial charge on any atom is 0.328 e. The zero-order valence-corrected chi connectivity index (χ0v) is 17.7. The van der Waals surface area contributed by atoms with Crippen LogP contribution in [0.3, 0.4) is 0 Å². The van der Waals surface area contributed by atoms with E-state index < -0.39 is 11.9 Å². The third kappa shape index (κ3) is 6.20. The molecule has 0 aliphatic heterocycles. The molecule has 0 heterocycles. The fraction of sp³-hybridized carbons (Fsp3) is 0.125. The number of amides is 2. The zero-order valence-electron chi connectivity index (χ0n) is 16.9. The third-order valence-electron chi connectivity index (χ3n) is 4.47. The molecule has 0 aliphatic carbocycles. The molecule has 6 nitrogen and oxygen atoms in total. The van der Waals surface area contributed by atoms with E-state index in [1.54, 1.807) is 18.2 Å². The number of thioether (sulfide) groups is 1. The zero-order chi connectivity index (χ0) is 22.2. The topological polar surface area (TPSA) is 95.5 Å². The predicted molar refractivity (Wildman–Crippen MR) is 124 cm³/mol. The van der Waals surface area contributed by atoms with Gasteiger partial charge in [0, 0.05) is 33.8 Å². The number of carboxylic acids is 1. The van der Waals surface area contributed by atoms with Gasteiger partial charge in [0.15, 0.2) is 0 Å². The van der Waals surface area contributed by atoms with E-state index in [-0.39, 0.29) is 11.2 Å². The first-order valence-corrected chi connectivity index (χ1v) is 10.6. The van der Waals surface area contributed by atoms with Gasteiger partial charge in [-0.3, -0.25) is 9.59 Å². The lowest BCUT2D eigenvalue weighted by atomic mass is 10.1. The van der Waals surface area contributed by atoms with Crippen LogP contribution in [0.4, 0.5) is 11.4 Å². The Hall–Kier alpha value is -3.58. The number of carbonyl (C=O) groups is 3. The Balaban J connectivity index is 1.69. The summed E-state index contributed by atoms with van der Waals surface area (Å²) in [7, 11) is 0. The number of carboxylic acid groups (broad SMARTS) is 1. The van der Waals surface area contributed by atoms with Gasteiger partial charge in [-0.15, -0.1) is 11.8 Å². The molecule has 158 valence electrons. The van der Waals surface area contributed by atoms with Crippen LogP contribution in [0.1, 0.15) is 13.3 Å². The monoisotopic (exact) mass is 434 g/mol. The highest BCUT2D eigenvalue weighted by molar-refractivity contribution is 8.00. The molecule has 0 spiro atoms. The van der Waals surface area contributed by atoms with E-state index >= 15 is 0 Å². The number of hydrogen-bond acceptors (Lipinski definition) is 4. The average Bonchev–Trinajstić information content (AvgIpc) is 2.76. The molecule has 3 aromatic carbocycles. The van der Waals surface area contributed by atoms with Crippen molar-refractivity contribution in [2.24, 2.45) is 0 Å². The van der Waals surface area contributed by atoms with Crippen molar-refractivity contribution in [1.29, 1.82) is 0 Å². The predicted octanol–water partition coefficient (Wildman–Crippen LogP) is 4.93. The third-order valence-corrected chi connectivity index (χ3v) is 5.83. The fourth-order valence-corrected chi connectivity index (χ4v) is 4.03. The van der Waals surface area contributed by atoms with Crippen molar-refractivity contribution in [3.63, 3.8) is 0 Å². The first-order chi connectivity index (χ1) is 15.0. The highest BCUT2D eigenvalue weighted by atomic mass is 32.2. The van der Waals surface area contributed by atoms with Gasteiger partial charge in [-0.2, -0.15) is 0 Å². The summed E-state index contributed by atoms with van der Waals surface area (Å²) in [5.41, 5.74) is 1.29. The molecule has 3 aromatic rings. The summed E-state index contributed by atoms with van der Waals surface area (Å²) >= 11 is 1.41. The largest absolute Gasteiger partial charge is 0.478 e. The molecule has 0 fully saturated rings. The Labute approximate surface area is 184 Å². The van der Waals surface area contributed by atoms with Crippen LogP contribution in [0.5, 0.6) is 0 Å².